The van der Waals surface area contributed by atoms with E-state index in [9.17, 15) is 0 Å². The molecule has 2 aromatic rings. The summed E-state index contributed by atoms with van der Waals surface area (Å²) in [6.07, 6.45) is 1.02. The van der Waals surface area contributed by atoms with Crippen molar-refractivity contribution in [3.63, 3.8) is 0 Å². The van der Waals surface area contributed by atoms with Crippen LogP contribution in [0.25, 0.3) is 0 Å². The molecule has 0 saturated carbocycles. The smallest absolute Gasteiger partial charge is 0.0629 e. The molecule has 0 amide bonds. The highest BCUT2D eigenvalue weighted by Gasteiger charge is 2.02. The molecule has 0 aliphatic rings. The van der Waals surface area contributed by atoms with E-state index in [0.29, 0.717) is 6.04 Å². The van der Waals surface area contributed by atoms with E-state index < -0.39 is 0 Å². The predicted molar refractivity (Wildman–Crippen MR) is 98.6 cm³/mol. The minimum absolute atomic E-state index is 0.450. The molecule has 0 unspecified atom stereocenters. The molecule has 2 nitrogen and oxygen atoms in total. The number of rotatable bonds is 10. The van der Waals surface area contributed by atoms with E-state index in [1.807, 2.05) is 6.07 Å². The zero-order valence-corrected chi connectivity index (χ0v) is 14.5. The second-order valence-corrected chi connectivity index (χ2v) is 6.72. The predicted octanol–water partition coefficient (Wildman–Crippen LogP) is 5.07. The van der Waals surface area contributed by atoms with Gasteiger partial charge in [0.2, 0.25) is 0 Å². The fourth-order valence-electron chi connectivity index (χ4n) is 1.87. The molecule has 0 bridgehead atoms. The van der Waals surface area contributed by atoms with Crippen LogP contribution in [0.4, 0.5) is 0 Å². The van der Waals surface area contributed by atoms with Gasteiger partial charge in [0, 0.05) is 17.5 Å². The Hall–Kier alpha value is -0.940. The minimum atomic E-state index is 0.450. The van der Waals surface area contributed by atoms with Crippen LogP contribution in [-0.4, -0.2) is 12.6 Å². The van der Waals surface area contributed by atoms with Crippen LogP contribution in [0.1, 0.15) is 24.5 Å². The second kappa shape index (κ2) is 10.7. The van der Waals surface area contributed by atoms with Gasteiger partial charge in [-0.3, -0.25) is 4.72 Å². The van der Waals surface area contributed by atoms with E-state index >= 15 is 0 Å². The maximum Gasteiger partial charge on any atom is 0.0629 e. The molecule has 2 aromatic carbocycles. The summed E-state index contributed by atoms with van der Waals surface area (Å²) < 4.78 is 9.11. The number of benzene rings is 2. The van der Waals surface area contributed by atoms with Crippen molar-refractivity contribution in [3.05, 3.63) is 71.8 Å². The largest absolute Gasteiger partial charge is 0.315 e. The SMILES string of the molecule is C[C@H](CCOSCc1ccccc1)NSCc1ccccc1. The summed E-state index contributed by atoms with van der Waals surface area (Å²) in [6.45, 7) is 2.97. The van der Waals surface area contributed by atoms with E-state index in [1.165, 1.54) is 23.2 Å². The minimum Gasteiger partial charge on any atom is -0.315 e. The van der Waals surface area contributed by atoms with Crippen LogP contribution in [0, 0.1) is 0 Å². The summed E-state index contributed by atoms with van der Waals surface area (Å²) >= 11 is 3.30. The lowest BCUT2D eigenvalue weighted by atomic mass is 10.2. The van der Waals surface area contributed by atoms with Gasteiger partial charge in [-0.1, -0.05) is 72.6 Å². The third kappa shape index (κ3) is 7.36. The first-order chi connectivity index (χ1) is 10.8. The van der Waals surface area contributed by atoms with E-state index in [1.54, 1.807) is 11.9 Å². The van der Waals surface area contributed by atoms with Crippen molar-refractivity contribution in [2.75, 3.05) is 6.61 Å². The topological polar surface area (TPSA) is 21.3 Å². The van der Waals surface area contributed by atoms with Crippen LogP contribution in [0.2, 0.25) is 0 Å². The molecule has 0 radical (unpaired) electrons. The Bertz CT molecular complexity index is 507. The Morgan fingerprint density at radius 1 is 0.909 bits per heavy atom. The summed E-state index contributed by atoms with van der Waals surface area (Å²) in [6, 6.07) is 21.4. The van der Waals surface area contributed by atoms with Gasteiger partial charge in [-0.15, -0.1) is 0 Å². The zero-order chi connectivity index (χ0) is 15.5. The van der Waals surface area contributed by atoms with E-state index in [2.05, 4.69) is 66.2 Å². The van der Waals surface area contributed by atoms with Crippen LogP contribution in [0.15, 0.2) is 60.7 Å². The average molecular weight is 334 g/mol. The Balaban J connectivity index is 1.48. The zero-order valence-electron chi connectivity index (χ0n) is 12.9. The standard InChI is InChI=1S/C18H23NOS2/c1-16(19-21-14-17-8-4-2-5-9-17)12-13-20-22-15-18-10-6-3-7-11-18/h2-11,16,19H,12-15H2,1H3/t16-/m1/s1. The van der Waals surface area contributed by atoms with Crippen molar-refractivity contribution in [3.8, 4) is 0 Å². The highest BCUT2D eigenvalue weighted by atomic mass is 32.2. The molecule has 4 heteroatoms. The second-order valence-electron chi connectivity index (χ2n) is 5.15. The van der Waals surface area contributed by atoms with Crippen LogP contribution in [0.3, 0.4) is 0 Å². The van der Waals surface area contributed by atoms with Crippen molar-refractivity contribution in [2.45, 2.75) is 30.9 Å². The molecule has 0 heterocycles. The first kappa shape index (κ1) is 17.4. The van der Waals surface area contributed by atoms with Crippen molar-refractivity contribution < 1.29 is 4.18 Å². The third-order valence-corrected chi connectivity index (χ3v) is 4.98. The number of hydrogen-bond donors (Lipinski definition) is 1. The van der Waals surface area contributed by atoms with Crippen LogP contribution in [-0.2, 0) is 15.7 Å². The van der Waals surface area contributed by atoms with Crippen molar-refractivity contribution in [1.29, 1.82) is 0 Å². The Kier molecular flexibility index (Phi) is 8.49. The van der Waals surface area contributed by atoms with Gasteiger partial charge in [0.15, 0.2) is 0 Å². The van der Waals surface area contributed by atoms with Crippen molar-refractivity contribution in [1.82, 2.24) is 4.72 Å². The van der Waals surface area contributed by atoms with Gasteiger partial charge in [0.25, 0.3) is 0 Å². The fraction of sp³-hybridized carbons (Fsp3) is 0.333. The summed E-state index contributed by atoms with van der Waals surface area (Å²) in [4.78, 5) is 0. The molecular weight excluding hydrogens is 310 g/mol. The highest BCUT2D eigenvalue weighted by molar-refractivity contribution is 7.96. The van der Waals surface area contributed by atoms with Crippen LogP contribution < -0.4 is 4.72 Å². The van der Waals surface area contributed by atoms with Gasteiger partial charge in [0.05, 0.1) is 6.61 Å². The Morgan fingerprint density at radius 3 is 2.14 bits per heavy atom. The molecule has 0 fully saturated rings. The molecule has 2 rings (SSSR count). The summed E-state index contributed by atoms with van der Waals surface area (Å²) in [7, 11) is 0. The normalized spacial score (nSPS) is 12.2. The van der Waals surface area contributed by atoms with E-state index in [-0.39, 0.29) is 0 Å². The first-order valence-corrected chi connectivity index (χ1v) is 9.44. The van der Waals surface area contributed by atoms with Gasteiger partial charge >= 0.3 is 0 Å². The van der Waals surface area contributed by atoms with Crippen molar-refractivity contribution in [2.24, 2.45) is 0 Å². The maximum absolute atomic E-state index is 5.64. The van der Waals surface area contributed by atoms with E-state index in [4.69, 9.17) is 4.18 Å². The lowest BCUT2D eigenvalue weighted by molar-refractivity contribution is 0.346. The van der Waals surface area contributed by atoms with Crippen molar-refractivity contribution >= 4 is 24.0 Å². The molecule has 22 heavy (non-hydrogen) atoms. The highest BCUT2D eigenvalue weighted by Crippen LogP contribution is 2.14. The fourth-order valence-corrected chi connectivity index (χ4v) is 3.34. The Morgan fingerprint density at radius 2 is 1.50 bits per heavy atom. The third-order valence-electron chi connectivity index (χ3n) is 3.15. The molecule has 1 atom stereocenters. The quantitative estimate of drug-likeness (QED) is 0.372. The monoisotopic (exact) mass is 333 g/mol. The van der Waals surface area contributed by atoms with E-state index in [0.717, 1.165) is 24.5 Å². The maximum atomic E-state index is 5.64. The van der Waals surface area contributed by atoms with Gasteiger partial charge in [-0.05, 0) is 36.5 Å². The molecule has 118 valence electrons. The van der Waals surface area contributed by atoms with Gasteiger partial charge < -0.3 is 4.18 Å². The van der Waals surface area contributed by atoms with Gasteiger partial charge in [-0.25, -0.2) is 0 Å². The van der Waals surface area contributed by atoms with Crippen LogP contribution in [0.5, 0.6) is 0 Å². The molecule has 0 aliphatic carbocycles. The van der Waals surface area contributed by atoms with Gasteiger partial charge in [-0.2, -0.15) is 0 Å². The average Bonchev–Trinajstić information content (AvgIpc) is 2.56. The molecular formula is C18H23NOS2. The summed E-state index contributed by atoms with van der Waals surface area (Å²) in [5.41, 5.74) is 2.65. The molecule has 0 aromatic heterocycles. The molecule has 0 aliphatic heterocycles. The number of nitrogens with one attached hydrogen (secondary N) is 1. The molecule has 0 saturated heterocycles. The summed E-state index contributed by atoms with van der Waals surface area (Å²) in [5, 5.41) is 0. The van der Waals surface area contributed by atoms with Crippen LogP contribution >= 0.6 is 24.0 Å². The molecule has 0 spiro atoms. The van der Waals surface area contributed by atoms with Gasteiger partial charge in [0.1, 0.15) is 0 Å². The first-order valence-electron chi connectivity index (χ1n) is 7.54. The number of hydrogen-bond acceptors (Lipinski definition) is 4. The lowest BCUT2D eigenvalue weighted by Crippen LogP contribution is -2.20. The molecule has 1 N–H and O–H groups in total. The summed E-state index contributed by atoms with van der Waals surface area (Å²) in [5.74, 6) is 1.90. The Labute approximate surface area is 142 Å². The lowest BCUT2D eigenvalue weighted by Gasteiger charge is -2.12.